The quantitative estimate of drug-likeness (QED) is 0.631. The van der Waals surface area contributed by atoms with Crippen molar-refractivity contribution in [3.8, 4) is 0 Å². The highest BCUT2D eigenvalue weighted by molar-refractivity contribution is 6.10. The second kappa shape index (κ2) is 8.25. The number of nitrogens with one attached hydrogen (secondary N) is 2. The average molecular weight is 350 g/mol. The summed E-state index contributed by atoms with van der Waals surface area (Å²) in [6.07, 6.45) is 1.25. The molecule has 0 aliphatic rings. The van der Waals surface area contributed by atoms with Crippen LogP contribution in [-0.4, -0.2) is 17.6 Å². The molecule has 0 bridgehead atoms. The first-order valence-corrected chi connectivity index (χ1v) is 8.26. The Morgan fingerprint density at radius 2 is 1.54 bits per heavy atom. The van der Waals surface area contributed by atoms with Gasteiger partial charge in [0.1, 0.15) is 0 Å². The maximum Gasteiger partial charge on any atom is 0.251 e. The van der Waals surface area contributed by atoms with Gasteiger partial charge in [0, 0.05) is 28.6 Å². The van der Waals surface area contributed by atoms with Crippen molar-refractivity contribution >= 4 is 29.0 Å². The zero-order valence-corrected chi connectivity index (χ0v) is 15.3. The van der Waals surface area contributed by atoms with Crippen molar-refractivity contribution in [1.82, 2.24) is 0 Å². The Bertz CT molecular complexity index is 881. The van der Waals surface area contributed by atoms with E-state index in [4.69, 9.17) is 0 Å². The smallest absolute Gasteiger partial charge is 0.251 e. The van der Waals surface area contributed by atoms with Crippen molar-refractivity contribution in [1.29, 1.82) is 0 Å². The van der Waals surface area contributed by atoms with Crippen LogP contribution in [0.5, 0.6) is 0 Å². The summed E-state index contributed by atoms with van der Waals surface area (Å²) in [6, 6.07) is 12.2. The van der Waals surface area contributed by atoms with Gasteiger partial charge in [-0.3, -0.25) is 14.4 Å². The molecule has 0 saturated carbocycles. The van der Waals surface area contributed by atoms with Crippen LogP contribution in [0, 0.1) is 13.8 Å². The molecule has 134 valence electrons. The highest BCUT2D eigenvalue weighted by atomic mass is 16.2. The molecule has 0 heterocycles. The molecule has 0 saturated heterocycles. The van der Waals surface area contributed by atoms with Crippen LogP contribution in [0.2, 0.25) is 0 Å². The molecule has 0 aliphatic heterocycles. The standard InChI is InChI=1S/C21H22N2O3/c1-13-6-5-7-19(15(13)3)23-21(26)14(2)12-20(25)22-18-10-8-17(9-11-18)16(4)24/h5-12H,1-4H3,(H,22,25)(H,23,26)/b14-12-. The van der Waals surface area contributed by atoms with Crippen LogP contribution in [0.1, 0.15) is 35.3 Å². The molecule has 0 atom stereocenters. The molecule has 2 N–H and O–H groups in total. The van der Waals surface area contributed by atoms with Crippen LogP contribution in [0.25, 0.3) is 0 Å². The molecule has 0 radical (unpaired) electrons. The van der Waals surface area contributed by atoms with Gasteiger partial charge < -0.3 is 10.6 Å². The van der Waals surface area contributed by atoms with Crippen LogP contribution in [0.4, 0.5) is 11.4 Å². The molecule has 0 aliphatic carbocycles. The van der Waals surface area contributed by atoms with Crippen LogP contribution < -0.4 is 10.6 Å². The van der Waals surface area contributed by atoms with Crippen molar-refractivity contribution < 1.29 is 14.4 Å². The monoisotopic (exact) mass is 350 g/mol. The average Bonchev–Trinajstić information content (AvgIpc) is 2.59. The lowest BCUT2D eigenvalue weighted by molar-refractivity contribution is -0.114. The number of ketones is 1. The predicted octanol–water partition coefficient (Wildman–Crippen LogP) is 4.03. The van der Waals surface area contributed by atoms with Crippen molar-refractivity contribution in [3.05, 3.63) is 70.8 Å². The van der Waals surface area contributed by atoms with E-state index in [1.807, 2.05) is 32.0 Å². The predicted molar refractivity (Wildman–Crippen MR) is 103 cm³/mol. The molecule has 5 heteroatoms. The van der Waals surface area contributed by atoms with Crippen LogP contribution in [-0.2, 0) is 9.59 Å². The Kier molecular flexibility index (Phi) is 6.07. The summed E-state index contributed by atoms with van der Waals surface area (Å²) in [5.41, 5.74) is 4.22. The van der Waals surface area contributed by atoms with Gasteiger partial charge in [-0.25, -0.2) is 0 Å². The number of aryl methyl sites for hydroxylation is 1. The molecule has 0 fully saturated rings. The van der Waals surface area contributed by atoms with E-state index in [1.165, 1.54) is 13.0 Å². The molecule has 0 spiro atoms. The number of hydrogen-bond acceptors (Lipinski definition) is 3. The van der Waals surface area contributed by atoms with Crippen molar-refractivity contribution in [2.75, 3.05) is 10.6 Å². The fourth-order valence-corrected chi connectivity index (χ4v) is 2.34. The van der Waals surface area contributed by atoms with Gasteiger partial charge in [0.15, 0.2) is 5.78 Å². The molecule has 0 aromatic heterocycles. The Balaban J connectivity index is 2.03. The molecular formula is C21H22N2O3. The molecule has 0 unspecified atom stereocenters. The summed E-state index contributed by atoms with van der Waals surface area (Å²) in [4.78, 5) is 35.6. The summed E-state index contributed by atoms with van der Waals surface area (Å²) in [5.74, 6) is -0.781. The lowest BCUT2D eigenvalue weighted by atomic mass is 10.1. The van der Waals surface area contributed by atoms with E-state index in [0.717, 1.165) is 16.8 Å². The van der Waals surface area contributed by atoms with E-state index >= 15 is 0 Å². The fourth-order valence-electron chi connectivity index (χ4n) is 2.34. The van der Waals surface area contributed by atoms with Crippen LogP contribution >= 0.6 is 0 Å². The summed E-state index contributed by atoms with van der Waals surface area (Å²) >= 11 is 0. The summed E-state index contributed by atoms with van der Waals surface area (Å²) in [7, 11) is 0. The lowest BCUT2D eigenvalue weighted by Gasteiger charge is -2.10. The van der Waals surface area contributed by atoms with E-state index in [0.29, 0.717) is 16.8 Å². The second-order valence-electron chi connectivity index (χ2n) is 6.15. The van der Waals surface area contributed by atoms with Crippen molar-refractivity contribution in [3.63, 3.8) is 0 Å². The third-order valence-corrected chi connectivity index (χ3v) is 4.12. The van der Waals surface area contributed by atoms with Crippen molar-refractivity contribution in [2.24, 2.45) is 0 Å². The van der Waals surface area contributed by atoms with Gasteiger partial charge in [0.25, 0.3) is 5.91 Å². The number of hydrogen-bond donors (Lipinski definition) is 2. The van der Waals surface area contributed by atoms with Gasteiger partial charge in [-0.05, 0) is 69.2 Å². The lowest BCUT2D eigenvalue weighted by Crippen LogP contribution is -2.17. The SMILES string of the molecule is CC(=O)c1ccc(NC(=O)/C=C(/C)C(=O)Nc2cccc(C)c2C)cc1. The van der Waals surface area contributed by atoms with E-state index in [2.05, 4.69) is 10.6 Å². The zero-order valence-electron chi connectivity index (χ0n) is 15.3. The third kappa shape index (κ3) is 4.89. The van der Waals surface area contributed by atoms with E-state index in [1.54, 1.807) is 31.2 Å². The zero-order chi connectivity index (χ0) is 19.3. The van der Waals surface area contributed by atoms with Gasteiger partial charge in [-0.2, -0.15) is 0 Å². The molecule has 2 amide bonds. The first-order valence-electron chi connectivity index (χ1n) is 8.26. The Hall–Kier alpha value is -3.21. The topological polar surface area (TPSA) is 75.3 Å². The van der Waals surface area contributed by atoms with Gasteiger partial charge in [-0.15, -0.1) is 0 Å². The fraction of sp³-hybridized carbons (Fsp3) is 0.190. The molecule has 2 aromatic rings. The first-order chi connectivity index (χ1) is 12.3. The van der Waals surface area contributed by atoms with E-state index < -0.39 is 5.91 Å². The number of amides is 2. The number of carbonyl (C=O) groups is 3. The van der Waals surface area contributed by atoms with Gasteiger partial charge in [0.2, 0.25) is 5.91 Å². The largest absolute Gasteiger partial charge is 0.323 e. The maximum atomic E-state index is 12.3. The van der Waals surface area contributed by atoms with Crippen molar-refractivity contribution in [2.45, 2.75) is 27.7 Å². The highest BCUT2D eigenvalue weighted by Gasteiger charge is 2.10. The summed E-state index contributed by atoms with van der Waals surface area (Å²) in [6.45, 7) is 6.97. The Morgan fingerprint density at radius 1 is 0.885 bits per heavy atom. The molecular weight excluding hydrogens is 328 g/mol. The molecule has 26 heavy (non-hydrogen) atoms. The minimum Gasteiger partial charge on any atom is -0.323 e. The molecule has 2 aromatic carbocycles. The van der Waals surface area contributed by atoms with E-state index in [9.17, 15) is 14.4 Å². The highest BCUT2D eigenvalue weighted by Crippen LogP contribution is 2.18. The number of Topliss-reactive ketones (excluding diaryl/α,β-unsaturated/α-hetero) is 1. The van der Waals surface area contributed by atoms with Gasteiger partial charge >= 0.3 is 0 Å². The van der Waals surface area contributed by atoms with E-state index in [-0.39, 0.29) is 11.7 Å². The van der Waals surface area contributed by atoms with Gasteiger partial charge in [-0.1, -0.05) is 12.1 Å². The maximum absolute atomic E-state index is 12.3. The summed E-state index contributed by atoms with van der Waals surface area (Å²) < 4.78 is 0. The second-order valence-corrected chi connectivity index (χ2v) is 6.15. The number of anilines is 2. The molecule has 5 nitrogen and oxygen atoms in total. The van der Waals surface area contributed by atoms with Crippen LogP contribution in [0.3, 0.4) is 0 Å². The number of rotatable bonds is 5. The van der Waals surface area contributed by atoms with Gasteiger partial charge in [0.05, 0.1) is 0 Å². The first kappa shape index (κ1) is 19.1. The number of benzene rings is 2. The van der Waals surface area contributed by atoms with Crippen LogP contribution in [0.15, 0.2) is 54.1 Å². The normalized spacial score (nSPS) is 11.0. The third-order valence-electron chi connectivity index (χ3n) is 4.12. The summed E-state index contributed by atoms with van der Waals surface area (Å²) in [5, 5.41) is 5.49. The Morgan fingerprint density at radius 3 is 2.15 bits per heavy atom. The minimum atomic E-state index is -0.408. The Labute approximate surface area is 153 Å². The minimum absolute atomic E-state index is 0.0401. The molecule has 2 rings (SSSR count). The number of carbonyl (C=O) groups excluding carboxylic acids is 3.